The maximum atomic E-state index is 13.9. The monoisotopic (exact) mass is 794 g/mol. The van der Waals surface area contributed by atoms with Crippen molar-refractivity contribution in [1.82, 2.24) is 14.9 Å². The number of amides is 1. The predicted molar refractivity (Wildman–Crippen MR) is 198 cm³/mol. The van der Waals surface area contributed by atoms with Gasteiger partial charge in [0.1, 0.15) is 23.7 Å². The number of hydrogen-bond donors (Lipinski definition) is 5. The van der Waals surface area contributed by atoms with Gasteiger partial charge in [0.05, 0.1) is 6.16 Å². The van der Waals surface area contributed by atoms with Crippen LogP contribution < -0.4 is 16.6 Å². The molecular formula is C33H60N6O12P2. The lowest BCUT2D eigenvalue weighted by Gasteiger charge is -2.33. The SMILES string of the molecule is CCCCCCCCCCCCCCCCCC(=O)NC(C(CP(=O)(O)O)OCC)P(=O)(O)OC(ON=[N+]=[N-])[C@@H]1CC[C@H](n2cc(C)c(=O)[nH]c2=O)O1. The number of nitrogens with zero attached hydrogens (tertiary/aromatic N) is 4. The van der Waals surface area contributed by atoms with Gasteiger partial charge in [-0.1, -0.05) is 96.8 Å². The molecule has 0 aromatic carbocycles. The number of aromatic amines is 1. The van der Waals surface area contributed by atoms with Gasteiger partial charge < -0.3 is 34.3 Å². The fourth-order valence-electron chi connectivity index (χ4n) is 6.26. The van der Waals surface area contributed by atoms with Gasteiger partial charge in [-0.2, -0.15) is 0 Å². The molecule has 0 radical (unpaired) electrons. The smallest absolute Gasteiger partial charge is 0.356 e. The van der Waals surface area contributed by atoms with Crippen LogP contribution in [0.2, 0.25) is 0 Å². The molecule has 1 aliphatic rings. The van der Waals surface area contributed by atoms with Gasteiger partial charge in [0, 0.05) is 29.7 Å². The first kappa shape index (κ1) is 46.6. The Balaban J connectivity index is 2.01. The summed E-state index contributed by atoms with van der Waals surface area (Å²) >= 11 is 0. The van der Waals surface area contributed by atoms with Crippen LogP contribution in [-0.2, 0) is 32.8 Å². The summed E-state index contributed by atoms with van der Waals surface area (Å²) in [5, 5.41) is 5.39. The van der Waals surface area contributed by atoms with E-state index in [2.05, 4.69) is 27.4 Å². The summed E-state index contributed by atoms with van der Waals surface area (Å²) in [4.78, 5) is 77.7. The Morgan fingerprint density at radius 3 is 2.09 bits per heavy atom. The van der Waals surface area contributed by atoms with Gasteiger partial charge in [-0.3, -0.25) is 32.8 Å². The second-order valence-corrected chi connectivity index (χ2v) is 17.1. The Hall–Kier alpha value is -2.52. The quantitative estimate of drug-likeness (QED) is 0.0110. The summed E-state index contributed by atoms with van der Waals surface area (Å²) < 4.78 is 43.8. The number of aromatic nitrogens is 2. The van der Waals surface area contributed by atoms with Crippen LogP contribution in [0, 0.1) is 6.92 Å². The number of ether oxygens (including phenoxy) is 2. The van der Waals surface area contributed by atoms with Crippen molar-refractivity contribution in [2.24, 2.45) is 5.28 Å². The molecule has 1 saturated heterocycles. The summed E-state index contributed by atoms with van der Waals surface area (Å²) in [5.74, 6) is -2.62. The van der Waals surface area contributed by atoms with Crippen molar-refractivity contribution in [2.45, 2.75) is 167 Å². The van der Waals surface area contributed by atoms with Gasteiger partial charge in [0.2, 0.25) is 12.2 Å². The normalized spacial score (nSPS) is 18.8. The Kier molecular flexibility index (Phi) is 21.8. The van der Waals surface area contributed by atoms with E-state index in [9.17, 15) is 38.2 Å². The maximum Gasteiger partial charge on any atom is 0.356 e. The first-order valence-corrected chi connectivity index (χ1v) is 22.3. The van der Waals surface area contributed by atoms with Crippen LogP contribution in [0.25, 0.3) is 10.4 Å². The van der Waals surface area contributed by atoms with Crippen molar-refractivity contribution in [3.05, 3.63) is 43.0 Å². The van der Waals surface area contributed by atoms with Crippen molar-refractivity contribution >= 4 is 21.1 Å². The van der Waals surface area contributed by atoms with Crippen molar-refractivity contribution in [2.75, 3.05) is 12.8 Å². The molecule has 18 nitrogen and oxygen atoms in total. The second kappa shape index (κ2) is 24.8. The zero-order chi connectivity index (χ0) is 39.3. The van der Waals surface area contributed by atoms with Gasteiger partial charge in [0.15, 0.2) is 5.78 Å². The average Bonchev–Trinajstić information content (AvgIpc) is 3.58. The number of H-pyrrole nitrogens is 1. The molecule has 0 saturated carbocycles. The molecule has 4 unspecified atom stereocenters. The molecule has 0 bridgehead atoms. The van der Waals surface area contributed by atoms with Crippen molar-refractivity contribution in [3.8, 4) is 0 Å². The van der Waals surface area contributed by atoms with E-state index < -0.39 is 69.0 Å². The molecule has 20 heteroatoms. The van der Waals surface area contributed by atoms with Gasteiger partial charge in [-0.25, -0.2) is 4.79 Å². The van der Waals surface area contributed by atoms with Crippen molar-refractivity contribution in [3.63, 3.8) is 0 Å². The number of rotatable bonds is 29. The molecule has 0 aliphatic carbocycles. The molecule has 2 rings (SSSR count). The highest BCUT2D eigenvalue weighted by atomic mass is 31.2. The Morgan fingerprint density at radius 2 is 1.57 bits per heavy atom. The molecule has 1 fully saturated rings. The third-order valence-corrected chi connectivity index (χ3v) is 11.6. The number of carbonyl (C=O) groups is 1. The van der Waals surface area contributed by atoms with E-state index in [0.717, 1.165) is 30.3 Å². The number of aryl methyl sites for hydroxylation is 1. The Morgan fingerprint density at radius 1 is 1.00 bits per heavy atom. The van der Waals surface area contributed by atoms with E-state index in [1.807, 2.05) is 0 Å². The Labute approximate surface area is 311 Å². The van der Waals surface area contributed by atoms with E-state index in [0.29, 0.717) is 6.42 Å². The third kappa shape index (κ3) is 18.1. The van der Waals surface area contributed by atoms with Crippen LogP contribution >= 0.6 is 15.2 Å². The zero-order valence-electron chi connectivity index (χ0n) is 31.3. The molecule has 1 aromatic rings. The highest BCUT2D eigenvalue weighted by Gasteiger charge is 2.47. The molecule has 53 heavy (non-hydrogen) atoms. The molecule has 2 heterocycles. The van der Waals surface area contributed by atoms with Crippen LogP contribution in [0.15, 0.2) is 21.1 Å². The van der Waals surface area contributed by atoms with Crippen molar-refractivity contribution < 1.29 is 47.4 Å². The standard InChI is InChI=1S/C33H60N6O12P2/c1-4-6-7-8-9-10-11-12-13-14-15-16-17-18-19-20-28(40)35-31(27(48-5-2)24-52(43,44)45)53(46,47)51-32(50-38-37-34)26-21-22-29(49-26)39-23-25(3)30(41)36-33(39)42/h23,26-27,29,31-32H,4-22,24H2,1-3H3,(H,35,40)(H,46,47)(H,36,41,42)(H2,43,44,45)/t26-,27?,29+,31?,32?/m0/s1. The number of nitrogens with one attached hydrogen (secondary N) is 2. The van der Waals surface area contributed by atoms with E-state index in [4.69, 9.17) is 24.4 Å². The molecule has 1 amide bonds. The third-order valence-electron chi connectivity index (χ3n) is 9.05. The highest BCUT2D eigenvalue weighted by molar-refractivity contribution is 7.54. The molecule has 0 spiro atoms. The number of carbonyl (C=O) groups excluding carboxylic acids is 1. The largest absolute Gasteiger partial charge is 0.399 e. The fourth-order valence-corrected chi connectivity index (χ4v) is 8.73. The second-order valence-electron chi connectivity index (χ2n) is 13.6. The molecule has 5 N–H and O–H groups in total. The zero-order valence-corrected chi connectivity index (χ0v) is 33.1. The van der Waals surface area contributed by atoms with E-state index in [1.54, 1.807) is 0 Å². The molecular weight excluding hydrogens is 734 g/mol. The van der Waals surface area contributed by atoms with Crippen LogP contribution in [0.3, 0.4) is 0 Å². The first-order valence-electron chi connectivity index (χ1n) is 18.9. The minimum absolute atomic E-state index is 0.0249. The molecule has 1 aliphatic heterocycles. The summed E-state index contributed by atoms with van der Waals surface area (Å²) in [6.07, 6.45) is 11.9. The summed E-state index contributed by atoms with van der Waals surface area (Å²) in [6.45, 7) is 5.09. The van der Waals surface area contributed by atoms with Crippen LogP contribution in [-0.4, -0.2) is 67.2 Å². The number of hydrogen-bond acceptors (Lipinski definition) is 10. The molecule has 1 aromatic heterocycles. The van der Waals surface area contributed by atoms with Gasteiger partial charge in [-0.05, 0) is 38.6 Å². The first-order chi connectivity index (χ1) is 25.2. The number of azide groups is 1. The maximum absolute atomic E-state index is 13.9. The van der Waals surface area contributed by atoms with Gasteiger partial charge >= 0.3 is 20.9 Å². The minimum Gasteiger partial charge on any atom is -0.399 e. The van der Waals surface area contributed by atoms with Crippen LogP contribution in [0.4, 0.5) is 0 Å². The fraction of sp³-hybridized carbons (Fsp3) is 0.848. The van der Waals surface area contributed by atoms with Crippen molar-refractivity contribution in [1.29, 1.82) is 0 Å². The molecule has 304 valence electrons. The average molecular weight is 795 g/mol. The van der Waals surface area contributed by atoms with Gasteiger partial charge in [-0.15, -0.1) is 0 Å². The summed E-state index contributed by atoms with van der Waals surface area (Å²) in [5.41, 5.74) is 7.77. The summed E-state index contributed by atoms with van der Waals surface area (Å²) in [6, 6.07) is 0. The highest BCUT2D eigenvalue weighted by Crippen LogP contribution is 2.53. The lowest BCUT2D eigenvalue weighted by atomic mass is 10.0. The van der Waals surface area contributed by atoms with Crippen LogP contribution in [0.5, 0.6) is 0 Å². The van der Waals surface area contributed by atoms with Crippen LogP contribution in [0.1, 0.15) is 141 Å². The van der Waals surface area contributed by atoms with Gasteiger partial charge in [0.25, 0.3) is 5.56 Å². The topological polar surface area (TPSA) is 264 Å². The molecule has 6 atom stereocenters. The number of unbranched alkanes of at least 4 members (excludes halogenated alkanes) is 14. The van der Waals surface area contributed by atoms with E-state index >= 15 is 0 Å². The van der Waals surface area contributed by atoms with E-state index in [1.165, 1.54) is 84.3 Å². The van der Waals surface area contributed by atoms with E-state index in [-0.39, 0.29) is 31.4 Å². The minimum atomic E-state index is -5.17. The Bertz CT molecular complexity index is 1500. The predicted octanol–water partition coefficient (Wildman–Crippen LogP) is 6.58. The lowest BCUT2D eigenvalue weighted by molar-refractivity contribution is -0.173. The lowest BCUT2D eigenvalue weighted by Crippen LogP contribution is -2.47. The summed E-state index contributed by atoms with van der Waals surface area (Å²) in [7, 11) is -10.0.